The summed E-state index contributed by atoms with van der Waals surface area (Å²) in [4.78, 5) is 2.38. The molecule has 0 saturated carbocycles. The van der Waals surface area contributed by atoms with Crippen molar-refractivity contribution in [2.75, 3.05) is 26.7 Å². The average Bonchev–Trinajstić information content (AvgIpc) is 2.31. The van der Waals surface area contributed by atoms with Crippen molar-refractivity contribution in [2.24, 2.45) is 5.73 Å². The Hall–Kier alpha value is -0.580. The minimum Gasteiger partial charge on any atom is -0.496 e. The molecule has 2 N–H and O–H groups in total. The lowest BCUT2D eigenvalue weighted by atomic mass is 9.98. The quantitative estimate of drug-likeness (QED) is 0.920. The molecule has 0 aromatic heterocycles. The summed E-state index contributed by atoms with van der Waals surface area (Å²) in [7, 11) is 1.73. The Morgan fingerprint density at radius 1 is 1.44 bits per heavy atom. The van der Waals surface area contributed by atoms with Crippen molar-refractivity contribution in [2.45, 2.75) is 13.0 Å². The van der Waals surface area contributed by atoms with E-state index in [2.05, 4.69) is 26.9 Å². The van der Waals surface area contributed by atoms with Crippen LogP contribution in [0.2, 0.25) is 0 Å². The SMILES string of the molecule is COc1ccc(Br)c2c1CCN(CCN)C2. The molecule has 0 radical (unpaired) electrons. The number of benzene rings is 1. The fourth-order valence-electron chi connectivity index (χ4n) is 2.23. The molecule has 0 bridgehead atoms. The number of halogens is 1. The Balaban J connectivity index is 2.30. The molecule has 0 amide bonds. The molecular weight excluding hydrogens is 268 g/mol. The number of nitrogens with zero attached hydrogens (tertiary/aromatic N) is 1. The fraction of sp³-hybridized carbons (Fsp3) is 0.500. The van der Waals surface area contributed by atoms with Crippen LogP contribution in [0, 0.1) is 0 Å². The maximum atomic E-state index is 5.60. The maximum absolute atomic E-state index is 5.60. The van der Waals surface area contributed by atoms with Gasteiger partial charge in [0.05, 0.1) is 7.11 Å². The molecule has 16 heavy (non-hydrogen) atoms. The van der Waals surface area contributed by atoms with Gasteiger partial charge in [-0.2, -0.15) is 0 Å². The number of fused-ring (bicyclic) bond motifs is 1. The van der Waals surface area contributed by atoms with E-state index in [4.69, 9.17) is 10.5 Å². The molecule has 4 heteroatoms. The standard InChI is InChI=1S/C12H17BrN2O/c1-16-12-3-2-11(13)10-8-15(7-5-14)6-4-9(10)12/h2-3H,4-8,14H2,1H3. The fourth-order valence-corrected chi connectivity index (χ4v) is 2.72. The first-order valence-electron chi connectivity index (χ1n) is 5.53. The molecule has 1 aliphatic rings. The number of methoxy groups -OCH3 is 1. The molecule has 0 fully saturated rings. The number of rotatable bonds is 3. The highest BCUT2D eigenvalue weighted by Gasteiger charge is 2.20. The molecule has 3 nitrogen and oxygen atoms in total. The van der Waals surface area contributed by atoms with Crippen LogP contribution in [-0.4, -0.2) is 31.6 Å². The average molecular weight is 285 g/mol. The Bertz CT molecular complexity index is 382. The van der Waals surface area contributed by atoms with E-state index in [1.165, 1.54) is 15.6 Å². The summed E-state index contributed by atoms with van der Waals surface area (Å²) in [6.07, 6.45) is 1.04. The Morgan fingerprint density at radius 2 is 2.25 bits per heavy atom. The Kier molecular flexibility index (Phi) is 3.84. The van der Waals surface area contributed by atoms with Crippen LogP contribution in [0.3, 0.4) is 0 Å². The van der Waals surface area contributed by atoms with E-state index in [-0.39, 0.29) is 0 Å². The van der Waals surface area contributed by atoms with Gasteiger partial charge in [-0.15, -0.1) is 0 Å². The van der Waals surface area contributed by atoms with E-state index >= 15 is 0 Å². The third-order valence-electron chi connectivity index (χ3n) is 3.06. The van der Waals surface area contributed by atoms with Crippen LogP contribution < -0.4 is 10.5 Å². The van der Waals surface area contributed by atoms with E-state index in [0.29, 0.717) is 0 Å². The molecular formula is C12H17BrN2O. The minimum atomic E-state index is 0.719. The summed E-state index contributed by atoms with van der Waals surface area (Å²) >= 11 is 3.61. The second kappa shape index (κ2) is 5.17. The van der Waals surface area contributed by atoms with E-state index in [1.807, 2.05) is 6.07 Å². The smallest absolute Gasteiger partial charge is 0.122 e. The minimum absolute atomic E-state index is 0.719. The van der Waals surface area contributed by atoms with Crippen LogP contribution in [0.4, 0.5) is 0 Å². The monoisotopic (exact) mass is 284 g/mol. The van der Waals surface area contributed by atoms with Crippen LogP contribution in [0.1, 0.15) is 11.1 Å². The largest absolute Gasteiger partial charge is 0.496 e. The van der Waals surface area contributed by atoms with Crippen molar-refractivity contribution in [3.8, 4) is 5.75 Å². The number of hydrogen-bond acceptors (Lipinski definition) is 3. The van der Waals surface area contributed by atoms with E-state index < -0.39 is 0 Å². The third kappa shape index (κ3) is 2.24. The zero-order valence-electron chi connectivity index (χ0n) is 9.50. The summed E-state index contributed by atoms with van der Waals surface area (Å²) in [6, 6.07) is 4.09. The number of ether oxygens (including phenoxy) is 1. The lowest BCUT2D eigenvalue weighted by Gasteiger charge is -2.30. The summed E-state index contributed by atoms with van der Waals surface area (Å²) in [5.41, 5.74) is 8.28. The van der Waals surface area contributed by atoms with Crippen molar-refractivity contribution < 1.29 is 4.74 Å². The van der Waals surface area contributed by atoms with E-state index in [9.17, 15) is 0 Å². The van der Waals surface area contributed by atoms with Crippen LogP contribution in [-0.2, 0) is 13.0 Å². The third-order valence-corrected chi connectivity index (χ3v) is 3.80. The van der Waals surface area contributed by atoms with Gasteiger partial charge in [-0.05, 0) is 24.1 Å². The molecule has 1 heterocycles. The zero-order chi connectivity index (χ0) is 11.5. The van der Waals surface area contributed by atoms with Gasteiger partial charge in [-0.3, -0.25) is 4.90 Å². The Labute approximate surface area is 105 Å². The predicted molar refractivity (Wildman–Crippen MR) is 68.7 cm³/mol. The van der Waals surface area contributed by atoms with Gasteiger partial charge in [-0.25, -0.2) is 0 Å². The summed E-state index contributed by atoms with van der Waals surface area (Å²) in [5.74, 6) is 1.01. The van der Waals surface area contributed by atoms with Gasteiger partial charge in [0.15, 0.2) is 0 Å². The first-order chi connectivity index (χ1) is 7.76. The van der Waals surface area contributed by atoms with Crippen LogP contribution >= 0.6 is 15.9 Å². The van der Waals surface area contributed by atoms with E-state index in [0.717, 1.165) is 38.3 Å². The molecule has 88 valence electrons. The van der Waals surface area contributed by atoms with Gasteiger partial charge in [0.2, 0.25) is 0 Å². The van der Waals surface area contributed by atoms with Crippen LogP contribution in [0.15, 0.2) is 16.6 Å². The molecule has 0 spiro atoms. The van der Waals surface area contributed by atoms with Crippen LogP contribution in [0.5, 0.6) is 5.75 Å². The maximum Gasteiger partial charge on any atom is 0.122 e. The van der Waals surface area contributed by atoms with Gasteiger partial charge in [0, 0.05) is 36.2 Å². The molecule has 1 aromatic carbocycles. The highest BCUT2D eigenvalue weighted by atomic mass is 79.9. The van der Waals surface area contributed by atoms with Gasteiger partial charge >= 0.3 is 0 Å². The second-order valence-electron chi connectivity index (χ2n) is 4.02. The van der Waals surface area contributed by atoms with Crippen molar-refractivity contribution in [1.29, 1.82) is 0 Å². The lowest BCUT2D eigenvalue weighted by molar-refractivity contribution is 0.257. The molecule has 0 saturated heterocycles. The molecule has 0 unspecified atom stereocenters. The summed E-state index contributed by atoms with van der Waals surface area (Å²) in [5, 5.41) is 0. The molecule has 2 rings (SSSR count). The normalized spacial score (nSPS) is 15.9. The van der Waals surface area contributed by atoms with Crippen molar-refractivity contribution in [1.82, 2.24) is 4.90 Å². The molecule has 0 atom stereocenters. The molecule has 1 aliphatic heterocycles. The topological polar surface area (TPSA) is 38.5 Å². The number of hydrogen-bond donors (Lipinski definition) is 1. The molecule has 1 aromatic rings. The Morgan fingerprint density at radius 3 is 2.94 bits per heavy atom. The first-order valence-corrected chi connectivity index (χ1v) is 6.32. The highest BCUT2D eigenvalue weighted by Crippen LogP contribution is 2.33. The summed E-state index contributed by atoms with van der Waals surface area (Å²) in [6.45, 7) is 3.71. The zero-order valence-corrected chi connectivity index (χ0v) is 11.1. The first kappa shape index (κ1) is 11.9. The van der Waals surface area contributed by atoms with Crippen molar-refractivity contribution >= 4 is 15.9 Å². The molecule has 0 aliphatic carbocycles. The summed E-state index contributed by atoms with van der Waals surface area (Å²) < 4.78 is 6.57. The highest BCUT2D eigenvalue weighted by molar-refractivity contribution is 9.10. The lowest BCUT2D eigenvalue weighted by Crippen LogP contribution is -2.34. The van der Waals surface area contributed by atoms with Gasteiger partial charge in [-0.1, -0.05) is 15.9 Å². The van der Waals surface area contributed by atoms with Crippen molar-refractivity contribution in [3.63, 3.8) is 0 Å². The van der Waals surface area contributed by atoms with Crippen molar-refractivity contribution in [3.05, 3.63) is 27.7 Å². The van der Waals surface area contributed by atoms with Gasteiger partial charge < -0.3 is 10.5 Å². The second-order valence-corrected chi connectivity index (χ2v) is 4.88. The predicted octanol–water partition coefficient (Wildman–Crippen LogP) is 1.77. The van der Waals surface area contributed by atoms with Gasteiger partial charge in [0.1, 0.15) is 5.75 Å². The van der Waals surface area contributed by atoms with Crippen LogP contribution in [0.25, 0.3) is 0 Å². The van der Waals surface area contributed by atoms with E-state index in [1.54, 1.807) is 7.11 Å². The van der Waals surface area contributed by atoms with Gasteiger partial charge in [0.25, 0.3) is 0 Å². The number of nitrogens with two attached hydrogens (primary N) is 1.